The van der Waals surface area contributed by atoms with Gasteiger partial charge >= 0.3 is 0 Å². The Labute approximate surface area is 201 Å². The van der Waals surface area contributed by atoms with E-state index in [2.05, 4.69) is 92.7 Å². The number of ether oxygens (including phenoxy) is 2. The fraction of sp³-hybridized carbons (Fsp3) is 0.419. The van der Waals surface area contributed by atoms with Crippen LogP contribution in [0.2, 0.25) is 0 Å². The van der Waals surface area contributed by atoms with Crippen LogP contribution in [0.15, 0.2) is 78.9 Å². The highest BCUT2D eigenvalue weighted by atomic mass is 16.5. The summed E-state index contributed by atoms with van der Waals surface area (Å²) in [7, 11) is 0. The standard InChI is InChI=1S/C31H40O2/c1-3-5-7-12-24-32-29-20-16-27(17-21-29)31(26-14-10-9-11-15-26)28-18-22-30(23-19-28)33-25-13-8-6-4-2/h9-11,14-23,31H,3-8,12-13,24-25H2,1-2H3. The average molecular weight is 445 g/mol. The quantitative estimate of drug-likeness (QED) is 0.172. The maximum Gasteiger partial charge on any atom is 0.119 e. The molecule has 0 atom stereocenters. The summed E-state index contributed by atoms with van der Waals surface area (Å²) in [5, 5.41) is 0. The van der Waals surface area contributed by atoms with Crippen molar-refractivity contribution < 1.29 is 9.47 Å². The van der Waals surface area contributed by atoms with Gasteiger partial charge in [0.1, 0.15) is 11.5 Å². The van der Waals surface area contributed by atoms with E-state index in [4.69, 9.17) is 9.47 Å². The molecule has 3 rings (SSSR count). The average Bonchev–Trinajstić information content (AvgIpc) is 2.86. The fourth-order valence-electron chi connectivity index (χ4n) is 4.17. The highest BCUT2D eigenvalue weighted by molar-refractivity contribution is 5.45. The molecular formula is C31H40O2. The summed E-state index contributed by atoms with van der Waals surface area (Å²) in [5.41, 5.74) is 3.83. The van der Waals surface area contributed by atoms with Crippen LogP contribution in [-0.4, -0.2) is 13.2 Å². The molecule has 0 N–H and O–H groups in total. The third-order valence-electron chi connectivity index (χ3n) is 6.09. The molecule has 3 aromatic carbocycles. The smallest absolute Gasteiger partial charge is 0.119 e. The van der Waals surface area contributed by atoms with Crippen LogP contribution in [-0.2, 0) is 0 Å². The number of rotatable bonds is 15. The van der Waals surface area contributed by atoms with Crippen LogP contribution in [0.4, 0.5) is 0 Å². The Morgan fingerprint density at radius 2 is 0.909 bits per heavy atom. The Bertz CT molecular complexity index is 827. The molecule has 3 aromatic rings. The molecule has 33 heavy (non-hydrogen) atoms. The van der Waals surface area contributed by atoms with Crippen LogP contribution in [0.1, 0.15) is 87.8 Å². The van der Waals surface area contributed by atoms with E-state index in [1.165, 1.54) is 55.2 Å². The van der Waals surface area contributed by atoms with E-state index in [1.54, 1.807) is 0 Å². The molecule has 0 aromatic heterocycles. The number of hydrogen-bond donors (Lipinski definition) is 0. The third kappa shape index (κ3) is 8.28. The van der Waals surface area contributed by atoms with Gasteiger partial charge in [-0.05, 0) is 53.8 Å². The summed E-state index contributed by atoms with van der Waals surface area (Å²) in [4.78, 5) is 0. The van der Waals surface area contributed by atoms with Gasteiger partial charge in [-0.25, -0.2) is 0 Å². The summed E-state index contributed by atoms with van der Waals surface area (Å²) >= 11 is 0. The lowest BCUT2D eigenvalue weighted by molar-refractivity contribution is 0.305. The van der Waals surface area contributed by atoms with Crippen molar-refractivity contribution in [3.05, 3.63) is 95.6 Å². The topological polar surface area (TPSA) is 18.5 Å². The summed E-state index contributed by atoms with van der Waals surface area (Å²) in [6.07, 6.45) is 9.79. The first-order chi connectivity index (χ1) is 16.3. The molecule has 0 saturated carbocycles. The van der Waals surface area contributed by atoms with Crippen molar-refractivity contribution in [1.29, 1.82) is 0 Å². The Morgan fingerprint density at radius 3 is 1.33 bits per heavy atom. The van der Waals surface area contributed by atoms with Crippen molar-refractivity contribution in [3.63, 3.8) is 0 Å². The maximum absolute atomic E-state index is 5.96. The predicted molar refractivity (Wildman–Crippen MR) is 140 cm³/mol. The Kier molecular flexibility index (Phi) is 10.9. The first-order valence-corrected chi connectivity index (χ1v) is 12.8. The molecule has 0 aliphatic heterocycles. The second kappa shape index (κ2) is 14.4. The molecular weight excluding hydrogens is 404 g/mol. The first-order valence-electron chi connectivity index (χ1n) is 12.8. The monoisotopic (exact) mass is 444 g/mol. The van der Waals surface area contributed by atoms with Crippen molar-refractivity contribution in [2.24, 2.45) is 0 Å². The van der Waals surface area contributed by atoms with Gasteiger partial charge in [-0.3, -0.25) is 0 Å². The predicted octanol–water partition coefficient (Wildman–Crippen LogP) is 8.79. The van der Waals surface area contributed by atoms with Crippen LogP contribution in [0, 0.1) is 0 Å². The zero-order valence-corrected chi connectivity index (χ0v) is 20.5. The van der Waals surface area contributed by atoms with Gasteiger partial charge in [0.15, 0.2) is 0 Å². The van der Waals surface area contributed by atoms with E-state index in [-0.39, 0.29) is 5.92 Å². The minimum Gasteiger partial charge on any atom is -0.494 e. The second-order valence-corrected chi connectivity index (χ2v) is 8.80. The van der Waals surface area contributed by atoms with Gasteiger partial charge in [0.25, 0.3) is 0 Å². The lowest BCUT2D eigenvalue weighted by Crippen LogP contribution is -2.04. The summed E-state index contributed by atoms with van der Waals surface area (Å²) in [6.45, 7) is 6.05. The van der Waals surface area contributed by atoms with Gasteiger partial charge in [0.05, 0.1) is 13.2 Å². The van der Waals surface area contributed by atoms with Crippen LogP contribution >= 0.6 is 0 Å². The van der Waals surface area contributed by atoms with E-state index in [0.717, 1.165) is 37.6 Å². The van der Waals surface area contributed by atoms with Crippen LogP contribution < -0.4 is 9.47 Å². The van der Waals surface area contributed by atoms with E-state index >= 15 is 0 Å². The molecule has 0 aliphatic carbocycles. The maximum atomic E-state index is 5.96. The molecule has 2 heteroatoms. The highest BCUT2D eigenvalue weighted by Gasteiger charge is 2.17. The van der Waals surface area contributed by atoms with Gasteiger partial charge in [-0.15, -0.1) is 0 Å². The molecule has 0 unspecified atom stereocenters. The minimum absolute atomic E-state index is 0.184. The number of benzene rings is 3. The normalized spacial score (nSPS) is 11.0. The minimum atomic E-state index is 0.184. The van der Waals surface area contributed by atoms with Gasteiger partial charge in [0, 0.05) is 5.92 Å². The largest absolute Gasteiger partial charge is 0.494 e. The molecule has 0 saturated heterocycles. The van der Waals surface area contributed by atoms with Crippen molar-refractivity contribution in [3.8, 4) is 11.5 Å². The molecule has 0 bridgehead atoms. The molecule has 0 amide bonds. The molecule has 2 nitrogen and oxygen atoms in total. The van der Waals surface area contributed by atoms with Gasteiger partial charge in [-0.1, -0.05) is 107 Å². The highest BCUT2D eigenvalue weighted by Crippen LogP contribution is 2.33. The van der Waals surface area contributed by atoms with Gasteiger partial charge in [0.2, 0.25) is 0 Å². The van der Waals surface area contributed by atoms with Crippen LogP contribution in [0.3, 0.4) is 0 Å². The van der Waals surface area contributed by atoms with Gasteiger partial charge in [-0.2, -0.15) is 0 Å². The zero-order valence-electron chi connectivity index (χ0n) is 20.5. The van der Waals surface area contributed by atoms with Crippen LogP contribution in [0.5, 0.6) is 11.5 Å². The fourth-order valence-corrected chi connectivity index (χ4v) is 4.17. The molecule has 0 spiro atoms. The summed E-state index contributed by atoms with van der Waals surface area (Å²) in [6, 6.07) is 28.0. The van der Waals surface area contributed by atoms with E-state index < -0.39 is 0 Å². The van der Waals surface area contributed by atoms with E-state index in [1.807, 2.05) is 0 Å². The molecule has 0 heterocycles. The lowest BCUT2D eigenvalue weighted by Gasteiger charge is -2.20. The summed E-state index contributed by atoms with van der Waals surface area (Å²) in [5.74, 6) is 2.09. The van der Waals surface area contributed by atoms with Crippen molar-refractivity contribution >= 4 is 0 Å². The SMILES string of the molecule is CCCCCCOc1ccc(C(c2ccccc2)c2ccc(OCCCCCC)cc2)cc1. The molecule has 0 aliphatic rings. The third-order valence-corrected chi connectivity index (χ3v) is 6.09. The van der Waals surface area contributed by atoms with Crippen molar-refractivity contribution in [2.45, 2.75) is 71.1 Å². The van der Waals surface area contributed by atoms with Crippen LogP contribution in [0.25, 0.3) is 0 Å². The number of unbranched alkanes of at least 4 members (excludes halogenated alkanes) is 6. The van der Waals surface area contributed by atoms with Gasteiger partial charge < -0.3 is 9.47 Å². The van der Waals surface area contributed by atoms with Crippen molar-refractivity contribution in [2.75, 3.05) is 13.2 Å². The second-order valence-electron chi connectivity index (χ2n) is 8.80. The molecule has 0 radical (unpaired) electrons. The Balaban J connectivity index is 1.68. The zero-order chi connectivity index (χ0) is 23.1. The summed E-state index contributed by atoms with van der Waals surface area (Å²) < 4.78 is 11.9. The lowest BCUT2D eigenvalue weighted by atomic mass is 9.85. The van der Waals surface area contributed by atoms with E-state index in [0.29, 0.717) is 0 Å². The van der Waals surface area contributed by atoms with E-state index in [9.17, 15) is 0 Å². The Morgan fingerprint density at radius 1 is 0.485 bits per heavy atom. The number of hydrogen-bond acceptors (Lipinski definition) is 2. The van der Waals surface area contributed by atoms with Crippen molar-refractivity contribution in [1.82, 2.24) is 0 Å². The molecule has 176 valence electrons. The Hall–Kier alpha value is -2.74. The first kappa shape index (κ1) is 24.9. The molecule has 0 fully saturated rings.